The molecule has 2 heterocycles. The molecule has 0 bridgehead atoms. The first-order chi connectivity index (χ1) is 16.0. The van der Waals surface area contributed by atoms with E-state index in [2.05, 4.69) is 35.0 Å². The largest absolute Gasteiger partial charge is 0.354 e. The van der Waals surface area contributed by atoms with E-state index in [9.17, 15) is 4.79 Å². The Morgan fingerprint density at radius 2 is 1.70 bits per heavy atom. The maximum absolute atomic E-state index is 12.3. The van der Waals surface area contributed by atoms with Crippen LogP contribution in [0.3, 0.4) is 0 Å². The van der Waals surface area contributed by atoms with Crippen molar-refractivity contribution in [2.24, 2.45) is 0 Å². The van der Waals surface area contributed by atoms with Gasteiger partial charge in [-0.2, -0.15) is 0 Å². The zero-order valence-corrected chi connectivity index (χ0v) is 20.4. The van der Waals surface area contributed by atoms with Crippen molar-refractivity contribution in [3.05, 3.63) is 71.8 Å². The zero-order valence-electron chi connectivity index (χ0n) is 19.6. The number of carbonyl (C=O) groups excluding carboxylic acids is 1. The van der Waals surface area contributed by atoms with Crippen LogP contribution in [0.2, 0.25) is 0 Å². The second-order valence-corrected chi connectivity index (χ2v) is 9.30. The molecule has 0 unspecified atom stereocenters. The number of piperazine rings is 1. The Morgan fingerprint density at radius 3 is 2.36 bits per heavy atom. The molecule has 1 amide bonds. The number of nitrogens with zero attached hydrogens (tertiary/aromatic N) is 5. The molecule has 0 radical (unpaired) electrons. The van der Waals surface area contributed by atoms with Crippen molar-refractivity contribution in [3.63, 3.8) is 0 Å². The molecule has 2 aromatic carbocycles. The van der Waals surface area contributed by atoms with E-state index in [1.54, 1.807) is 16.7 Å². The molecule has 3 aromatic rings. The molecule has 0 saturated carbocycles. The van der Waals surface area contributed by atoms with E-state index >= 15 is 0 Å². The predicted octanol–water partition coefficient (Wildman–Crippen LogP) is 4.28. The third-order valence-corrected chi connectivity index (χ3v) is 6.90. The van der Waals surface area contributed by atoms with Crippen molar-refractivity contribution in [3.8, 4) is 11.3 Å². The molecule has 1 aliphatic rings. The minimum Gasteiger partial charge on any atom is -0.354 e. The van der Waals surface area contributed by atoms with Crippen LogP contribution in [0.4, 0.5) is 5.82 Å². The van der Waals surface area contributed by atoms with Gasteiger partial charge >= 0.3 is 0 Å². The van der Waals surface area contributed by atoms with Crippen molar-refractivity contribution in [2.75, 3.05) is 51.7 Å². The van der Waals surface area contributed by atoms with Crippen LogP contribution in [0.5, 0.6) is 0 Å². The smallest absolute Gasteiger partial charge is 0.253 e. The van der Waals surface area contributed by atoms with Gasteiger partial charge in [0.05, 0.1) is 5.69 Å². The van der Waals surface area contributed by atoms with Crippen LogP contribution in [0.25, 0.3) is 11.3 Å². The van der Waals surface area contributed by atoms with Crippen LogP contribution in [0.15, 0.2) is 65.8 Å². The molecule has 0 aliphatic carbocycles. The molecule has 1 saturated heterocycles. The highest BCUT2D eigenvalue weighted by Crippen LogP contribution is 2.28. The van der Waals surface area contributed by atoms with Gasteiger partial charge in [-0.3, -0.25) is 4.79 Å². The molecule has 1 aliphatic heterocycles. The van der Waals surface area contributed by atoms with Crippen LogP contribution in [0, 0.1) is 0 Å². The summed E-state index contributed by atoms with van der Waals surface area (Å²) >= 11 is 1.63. The summed E-state index contributed by atoms with van der Waals surface area (Å²) < 4.78 is 0. The van der Waals surface area contributed by atoms with Gasteiger partial charge in [0.25, 0.3) is 5.91 Å². The summed E-state index contributed by atoms with van der Waals surface area (Å²) in [6.07, 6.45) is 0. The maximum Gasteiger partial charge on any atom is 0.253 e. The van der Waals surface area contributed by atoms with Gasteiger partial charge in [-0.25, -0.2) is 9.97 Å². The van der Waals surface area contributed by atoms with Gasteiger partial charge in [-0.1, -0.05) is 54.2 Å². The highest BCUT2D eigenvalue weighted by Gasteiger charge is 2.18. The van der Waals surface area contributed by atoms with Gasteiger partial charge in [0.2, 0.25) is 0 Å². The minimum atomic E-state index is 0.0485. The number of hydrogen-bond donors (Lipinski definition) is 0. The number of likely N-dealkylation sites (N-methyl/N-ethyl adjacent to an activating group) is 1. The summed E-state index contributed by atoms with van der Waals surface area (Å²) in [4.78, 5) is 28.5. The maximum atomic E-state index is 12.3. The lowest BCUT2D eigenvalue weighted by molar-refractivity contribution is 0.0802. The average molecular weight is 462 g/mol. The van der Waals surface area contributed by atoms with Crippen LogP contribution >= 0.6 is 11.8 Å². The molecule has 33 heavy (non-hydrogen) atoms. The third-order valence-electron chi connectivity index (χ3n) is 5.98. The number of carbonyl (C=O) groups is 1. The Morgan fingerprint density at radius 1 is 1.00 bits per heavy atom. The van der Waals surface area contributed by atoms with Crippen LogP contribution in [-0.4, -0.2) is 72.5 Å². The number of anilines is 1. The highest BCUT2D eigenvalue weighted by molar-refractivity contribution is 7.98. The SMILES string of the molecule is CCN(C)C(=O)c1ccc(CSc2nc(-c3ccccc3)cc(N3CCN(C)CC3)n2)cc1. The third kappa shape index (κ3) is 5.92. The van der Waals surface area contributed by atoms with Gasteiger partial charge in [-0.15, -0.1) is 0 Å². The molecule has 0 spiro atoms. The fourth-order valence-corrected chi connectivity index (χ4v) is 4.50. The molecule has 1 aromatic heterocycles. The summed E-state index contributed by atoms with van der Waals surface area (Å²) in [6, 6.07) is 20.2. The Kier molecular flexibility index (Phi) is 7.62. The Bertz CT molecular complexity index is 1070. The van der Waals surface area contributed by atoms with E-state index in [-0.39, 0.29) is 5.91 Å². The second kappa shape index (κ2) is 10.8. The van der Waals surface area contributed by atoms with Crippen LogP contribution < -0.4 is 4.90 Å². The molecule has 4 rings (SSSR count). The van der Waals surface area contributed by atoms with Crippen molar-refractivity contribution in [1.82, 2.24) is 19.8 Å². The number of thioether (sulfide) groups is 1. The van der Waals surface area contributed by atoms with E-state index in [0.29, 0.717) is 12.1 Å². The number of rotatable bonds is 7. The summed E-state index contributed by atoms with van der Waals surface area (Å²) in [5, 5.41) is 0.774. The van der Waals surface area contributed by atoms with Gasteiger partial charge < -0.3 is 14.7 Å². The summed E-state index contributed by atoms with van der Waals surface area (Å²) in [7, 11) is 3.98. The first-order valence-electron chi connectivity index (χ1n) is 11.4. The lowest BCUT2D eigenvalue weighted by atomic mass is 10.1. The standard InChI is InChI=1S/C26H31N5OS/c1-4-30(3)25(32)22-12-10-20(11-13-22)19-33-26-27-23(21-8-6-5-7-9-21)18-24(28-26)31-16-14-29(2)15-17-31/h5-13,18H,4,14-17,19H2,1-3H3. The monoisotopic (exact) mass is 461 g/mol. The van der Waals surface area contributed by atoms with Crippen LogP contribution in [-0.2, 0) is 5.75 Å². The summed E-state index contributed by atoms with van der Waals surface area (Å²) in [5.74, 6) is 1.79. The van der Waals surface area contributed by atoms with Crippen molar-refractivity contribution < 1.29 is 4.79 Å². The normalized spacial score (nSPS) is 14.3. The fourth-order valence-electron chi connectivity index (χ4n) is 3.69. The Hall–Kier alpha value is -2.90. The Balaban J connectivity index is 1.53. The molecule has 172 valence electrons. The quantitative estimate of drug-likeness (QED) is 0.387. The van der Waals surface area contributed by atoms with E-state index in [1.165, 1.54) is 0 Å². The van der Waals surface area contributed by atoms with E-state index in [0.717, 1.165) is 59.7 Å². The van der Waals surface area contributed by atoms with Crippen molar-refractivity contribution >= 4 is 23.5 Å². The molecule has 1 fully saturated rings. The second-order valence-electron chi connectivity index (χ2n) is 8.36. The van der Waals surface area contributed by atoms with Gasteiger partial charge in [0.1, 0.15) is 5.82 Å². The van der Waals surface area contributed by atoms with Crippen LogP contribution in [0.1, 0.15) is 22.8 Å². The first-order valence-corrected chi connectivity index (χ1v) is 12.4. The topological polar surface area (TPSA) is 52.6 Å². The number of hydrogen-bond acceptors (Lipinski definition) is 6. The minimum absolute atomic E-state index is 0.0485. The molecule has 7 heteroatoms. The zero-order chi connectivity index (χ0) is 23.2. The van der Waals surface area contributed by atoms with Crippen molar-refractivity contribution in [1.29, 1.82) is 0 Å². The molecule has 0 N–H and O–H groups in total. The first kappa shape index (κ1) is 23.3. The Labute approximate surface area is 200 Å². The lowest BCUT2D eigenvalue weighted by Crippen LogP contribution is -2.44. The lowest BCUT2D eigenvalue weighted by Gasteiger charge is -2.33. The summed E-state index contributed by atoms with van der Waals surface area (Å²) in [5.41, 5.74) is 3.91. The van der Waals surface area contributed by atoms with Gasteiger partial charge in [0.15, 0.2) is 5.16 Å². The molecular weight excluding hydrogens is 430 g/mol. The average Bonchev–Trinajstić information content (AvgIpc) is 2.87. The molecule has 0 atom stereocenters. The van der Waals surface area contributed by atoms with Gasteiger partial charge in [0, 0.05) is 62.7 Å². The molecule has 6 nitrogen and oxygen atoms in total. The van der Waals surface area contributed by atoms with E-state index in [4.69, 9.17) is 9.97 Å². The van der Waals surface area contributed by atoms with E-state index < -0.39 is 0 Å². The van der Waals surface area contributed by atoms with Crippen molar-refractivity contribution in [2.45, 2.75) is 17.8 Å². The predicted molar refractivity (Wildman–Crippen MR) is 136 cm³/mol. The number of amides is 1. The van der Waals surface area contributed by atoms with E-state index in [1.807, 2.05) is 56.4 Å². The number of aromatic nitrogens is 2. The van der Waals surface area contributed by atoms with Gasteiger partial charge in [-0.05, 0) is 31.7 Å². The number of benzene rings is 2. The highest BCUT2D eigenvalue weighted by atomic mass is 32.2. The molecular formula is C26H31N5OS. The summed E-state index contributed by atoms with van der Waals surface area (Å²) in [6.45, 7) is 6.67. The fraction of sp³-hybridized carbons (Fsp3) is 0.346.